The molecule has 0 spiro atoms. The van der Waals surface area contributed by atoms with Gasteiger partial charge in [0.25, 0.3) is 5.91 Å². The van der Waals surface area contributed by atoms with Gasteiger partial charge in [0.2, 0.25) is 10.0 Å². The minimum atomic E-state index is -3.38. The van der Waals surface area contributed by atoms with Gasteiger partial charge in [0.15, 0.2) is 5.69 Å². The summed E-state index contributed by atoms with van der Waals surface area (Å²) in [5.74, 6) is -0.775. The first kappa shape index (κ1) is 22.5. The molecule has 0 aliphatic carbocycles. The number of sulfonamides is 1. The number of aromatic nitrogens is 2. The number of ether oxygens (including phenoxy) is 1. The molecule has 2 aromatic carbocycles. The molecule has 2 heterocycles. The van der Waals surface area contributed by atoms with Crippen molar-refractivity contribution in [1.29, 1.82) is 0 Å². The molecular weight excluding hydrogens is 444 g/mol. The van der Waals surface area contributed by atoms with E-state index in [1.807, 2.05) is 6.92 Å². The summed E-state index contributed by atoms with van der Waals surface area (Å²) in [7, 11) is -3.38. The minimum Gasteiger partial charge on any atom is -0.461 e. The Balaban J connectivity index is 1.47. The van der Waals surface area contributed by atoms with Crippen LogP contribution in [0, 0.1) is 0 Å². The van der Waals surface area contributed by atoms with E-state index in [2.05, 4.69) is 10.4 Å². The van der Waals surface area contributed by atoms with E-state index in [1.165, 1.54) is 10.6 Å². The van der Waals surface area contributed by atoms with Crippen molar-refractivity contribution in [3.63, 3.8) is 0 Å². The van der Waals surface area contributed by atoms with Crippen LogP contribution in [0.3, 0.4) is 0 Å². The first-order valence-electron chi connectivity index (χ1n) is 10.4. The van der Waals surface area contributed by atoms with Crippen molar-refractivity contribution in [2.75, 3.05) is 22.5 Å². The quantitative estimate of drug-likeness (QED) is 0.557. The molecule has 1 aliphatic rings. The number of hydrogen-bond donors (Lipinski definition) is 1. The van der Waals surface area contributed by atoms with Crippen LogP contribution in [0.5, 0.6) is 0 Å². The van der Waals surface area contributed by atoms with Crippen LogP contribution in [0.2, 0.25) is 0 Å². The third-order valence-corrected chi connectivity index (χ3v) is 6.59. The van der Waals surface area contributed by atoms with Crippen LogP contribution in [0.25, 0.3) is 5.69 Å². The molecule has 1 aliphatic heterocycles. The fourth-order valence-electron chi connectivity index (χ4n) is 3.93. The van der Waals surface area contributed by atoms with Crippen LogP contribution in [0.4, 0.5) is 11.4 Å². The highest BCUT2D eigenvalue weighted by atomic mass is 32.2. The maximum Gasteiger partial charge on any atom is 0.358 e. The van der Waals surface area contributed by atoms with Crippen LogP contribution >= 0.6 is 0 Å². The Hall–Kier alpha value is -3.66. The van der Waals surface area contributed by atoms with Crippen molar-refractivity contribution >= 4 is 33.3 Å². The van der Waals surface area contributed by atoms with E-state index in [-0.39, 0.29) is 24.2 Å². The highest BCUT2D eigenvalue weighted by molar-refractivity contribution is 7.92. The largest absolute Gasteiger partial charge is 0.461 e. The number of amides is 1. The smallest absolute Gasteiger partial charge is 0.358 e. The SMILES string of the molecule is CCOC(=O)c1ccn(-c2ccc(NC(=O)c3ccc4c(c3)CC(C)N4S(C)(=O)=O)cc2)n1. The lowest BCUT2D eigenvalue weighted by atomic mass is 10.1. The summed E-state index contributed by atoms with van der Waals surface area (Å²) < 4.78 is 32.0. The lowest BCUT2D eigenvalue weighted by Gasteiger charge is -2.21. The molecule has 3 aromatic rings. The van der Waals surface area contributed by atoms with Crippen molar-refractivity contribution in [3.8, 4) is 5.69 Å². The predicted octanol–water partition coefficient (Wildman–Crippen LogP) is 3.01. The first-order valence-corrected chi connectivity index (χ1v) is 12.3. The second-order valence-electron chi connectivity index (χ2n) is 7.82. The molecule has 33 heavy (non-hydrogen) atoms. The zero-order chi connectivity index (χ0) is 23.8. The molecule has 1 atom stereocenters. The van der Waals surface area contributed by atoms with Crippen LogP contribution in [-0.2, 0) is 21.2 Å². The van der Waals surface area contributed by atoms with Gasteiger partial charge in [0.05, 0.1) is 24.2 Å². The Labute approximate surface area is 192 Å². The number of nitrogens with zero attached hydrogens (tertiary/aromatic N) is 3. The molecule has 0 saturated heterocycles. The number of carbonyl (C=O) groups is 2. The van der Waals surface area contributed by atoms with E-state index in [1.54, 1.807) is 66.3 Å². The molecule has 10 heteroatoms. The van der Waals surface area contributed by atoms with E-state index < -0.39 is 16.0 Å². The number of nitrogens with one attached hydrogen (secondary N) is 1. The summed E-state index contributed by atoms with van der Waals surface area (Å²) in [6, 6.07) is 13.4. The standard InChI is InChI=1S/C23H24N4O5S/c1-4-32-23(29)20-11-12-26(25-20)19-8-6-18(7-9-19)24-22(28)16-5-10-21-17(14-16)13-15(2)27(21)33(3,30)31/h5-12,14-15H,4,13H2,1-3H3,(H,24,28). The number of carbonyl (C=O) groups excluding carboxylic acids is 2. The highest BCUT2D eigenvalue weighted by Crippen LogP contribution is 2.34. The average molecular weight is 469 g/mol. The van der Waals surface area contributed by atoms with Gasteiger partial charge in [0, 0.05) is 23.5 Å². The molecule has 172 valence electrons. The third kappa shape index (κ3) is 4.61. The molecule has 0 saturated carbocycles. The molecule has 0 fully saturated rings. The topological polar surface area (TPSA) is 111 Å². The predicted molar refractivity (Wildman–Crippen MR) is 124 cm³/mol. The molecule has 1 amide bonds. The summed E-state index contributed by atoms with van der Waals surface area (Å²) in [6.45, 7) is 3.85. The molecule has 1 unspecified atom stereocenters. The summed E-state index contributed by atoms with van der Waals surface area (Å²) in [5, 5.41) is 7.05. The fraction of sp³-hybridized carbons (Fsp3) is 0.261. The Morgan fingerprint density at radius 2 is 1.88 bits per heavy atom. The van der Waals surface area contributed by atoms with E-state index in [4.69, 9.17) is 4.74 Å². The zero-order valence-electron chi connectivity index (χ0n) is 18.5. The molecule has 1 aromatic heterocycles. The maximum atomic E-state index is 12.8. The van der Waals surface area contributed by atoms with Crippen LogP contribution < -0.4 is 9.62 Å². The molecule has 0 radical (unpaired) electrons. The molecular formula is C23H24N4O5S. The summed E-state index contributed by atoms with van der Waals surface area (Å²) in [5.41, 5.74) is 3.42. The van der Waals surface area contributed by atoms with Gasteiger partial charge in [-0.25, -0.2) is 17.9 Å². The van der Waals surface area contributed by atoms with Gasteiger partial charge in [-0.05, 0) is 74.4 Å². The third-order valence-electron chi connectivity index (χ3n) is 5.32. The van der Waals surface area contributed by atoms with Gasteiger partial charge in [-0.3, -0.25) is 9.10 Å². The first-order chi connectivity index (χ1) is 15.7. The van der Waals surface area contributed by atoms with Crippen LogP contribution in [0.15, 0.2) is 54.7 Å². The Kier molecular flexibility index (Phi) is 5.94. The number of esters is 1. The van der Waals surface area contributed by atoms with E-state index in [9.17, 15) is 18.0 Å². The lowest BCUT2D eigenvalue weighted by Crippen LogP contribution is -2.34. The van der Waals surface area contributed by atoms with Crippen molar-refractivity contribution in [3.05, 3.63) is 71.5 Å². The summed E-state index contributed by atoms with van der Waals surface area (Å²) >= 11 is 0. The second-order valence-corrected chi connectivity index (χ2v) is 9.68. The van der Waals surface area contributed by atoms with Crippen LogP contribution in [0.1, 0.15) is 40.3 Å². The maximum absolute atomic E-state index is 12.8. The zero-order valence-corrected chi connectivity index (χ0v) is 19.3. The van der Waals surface area contributed by atoms with Crippen molar-refractivity contribution < 1.29 is 22.7 Å². The summed E-state index contributed by atoms with van der Waals surface area (Å²) in [4.78, 5) is 24.5. The van der Waals surface area contributed by atoms with Gasteiger partial charge in [-0.15, -0.1) is 0 Å². The average Bonchev–Trinajstić information content (AvgIpc) is 3.37. The normalized spacial score (nSPS) is 15.2. The Morgan fingerprint density at radius 1 is 1.15 bits per heavy atom. The van der Waals surface area contributed by atoms with Crippen molar-refractivity contribution in [2.24, 2.45) is 0 Å². The summed E-state index contributed by atoms with van der Waals surface area (Å²) in [6.07, 6.45) is 3.39. The number of rotatable bonds is 6. The van der Waals surface area contributed by atoms with E-state index in [0.717, 1.165) is 11.3 Å². The van der Waals surface area contributed by atoms with Gasteiger partial charge in [0.1, 0.15) is 0 Å². The molecule has 0 bridgehead atoms. The van der Waals surface area contributed by atoms with Gasteiger partial charge < -0.3 is 10.1 Å². The monoisotopic (exact) mass is 468 g/mol. The number of anilines is 2. The second kappa shape index (κ2) is 8.70. The Morgan fingerprint density at radius 3 is 2.55 bits per heavy atom. The lowest BCUT2D eigenvalue weighted by molar-refractivity contribution is 0.0518. The van der Waals surface area contributed by atoms with Crippen LogP contribution in [-0.4, -0.2) is 49.0 Å². The van der Waals surface area contributed by atoms with Gasteiger partial charge >= 0.3 is 5.97 Å². The Bertz CT molecular complexity index is 1310. The number of benzene rings is 2. The fourth-order valence-corrected chi connectivity index (χ4v) is 5.20. The highest BCUT2D eigenvalue weighted by Gasteiger charge is 2.32. The van der Waals surface area contributed by atoms with E-state index in [0.29, 0.717) is 23.4 Å². The van der Waals surface area contributed by atoms with Crippen molar-refractivity contribution in [1.82, 2.24) is 9.78 Å². The van der Waals surface area contributed by atoms with Gasteiger partial charge in [-0.2, -0.15) is 5.10 Å². The number of fused-ring (bicyclic) bond motifs is 1. The van der Waals surface area contributed by atoms with Crippen molar-refractivity contribution in [2.45, 2.75) is 26.3 Å². The minimum absolute atomic E-state index is 0.188. The molecule has 9 nitrogen and oxygen atoms in total. The molecule has 1 N–H and O–H groups in total. The van der Waals surface area contributed by atoms with Gasteiger partial charge in [-0.1, -0.05) is 0 Å². The molecule has 4 rings (SSSR count). The van der Waals surface area contributed by atoms with E-state index >= 15 is 0 Å². The number of hydrogen-bond acceptors (Lipinski definition) is 6.